The van der Waals surface area contributed by atoms with Crippen LogP contribution in [0, 0.1) is 0 Å². The van der Waals surface area contributed by atoms with Crippen molar-refractivity contribution in [3.63, 3.8) is 0 Å². The van der Waals surface area contributed by atoms with Crippen molar-refractivity contribution in [2.75, 3.05) is 0 Å². The number of fused-ring (bicyclic) bond motifs is 10. The van der Waals surface area contributed by atoms with E-state index in [9.17, 15) is 0 Å². The quantitative estimate of drug-likeness (QED) is 0.205. The fraction of sp³-hybridized carbons (Fsp3) is 0. The minimum absolute atomic E-state index is 0.675. The molecule has 5 heteroatoms. The minimum atomic E-state index is 0.675. The molecule has 10 rings (SSSR count). The van der Waals surface area contributed by atoms with E-state index in [4.69, 9.17) is 9.97 Å². The van der Waals surface area contributed by atoms with E-state index in [2.05, 4.69) is 155 Å². The summed E-state index contributed by atoms with van der Waals surface area (Å²) in [7, 11) is 0. The van der Waals surface area contributed by atoms with E-state index >= 15 is 0 Å². The molecule has 10 aromatic rings. The normalized spacial score (nSPS) is 12.0. The maximum Gasteiger partial charge on any atom is 0.235 e. The molecule has 0 amide bonds. The van der Waals surface area contributed by atoms with E-state index in [0.29, 0.717) is 5.95 Å². The molecule has 0 spiro atoms. The molecule has 210 valence electrons. The molecule has 0 bridgehead atoms. The summed E-state index contributed by atoms with van der Waals surface area (Å²) in [6, 6.07) is 51.6. The molecule has 0 radical (unpaired) electrons. The highest BCUT2D eigenvalue weighted by atomic mass is 32.1. The zero-order valence-corrected chi connectivity index (χ0v) is 24.9. The second-order valence-electron chi connectivity index (χ2n) is 11.4. The molecule has 0 saturated carbocycles. The van der Waals surface area contributed by atoms with E-state index in [1.165, 1.54) is 31.8 Å². The number of rotatable bonds is 3. The summed E-state index contributed by atoms with van der Waals surface area (Å²) in [5.41, 5.74) is 8.67. The van der Waals surface area contributed by atoms with Crippen molar-refractivity contribution in [1.29, 1.82) is 0 Å². The lowest BCUT2D eigenvalue weighted by Crippen LogP contribution is -2.04. The molecule has 0 saturated heterocycles. The van der Waals surface area contributed by atoms with Gasteiger partial charge < -0.3 is 4.57 Å². The molecule has 0 atom stereocenters. The molecule has 0 fully saturated rings. The first-order valence-corrected chi connectivity index (χ1v) is 15.9. The lowest BCUT2D eigenvalue weighted by atomic mass is 10.1. The van der Waals surface area contributed by atoms with Crippen LogP contribution in [0.3, 0.4) is 0 Å². The van der Waals surface area contributed by atoms with Crippen molar-refractivity contribution >= 4 is 75.3 Å². The van der Waals surface area contributed by atoms with Gasteiger partial charge in [-0.2, -0.15) is 0 Å². The second kappa shape index (κ2) is 9.36. The summed E-state index contributed by atoms with van der Waals surface area (Å²) in [5.74, 6) is 0.675. The summed E-state index contributed by atoms with van der Waals surface area (Å²) >= 11 is 1.76. The van der Waals surface area contributed by atoms with Crippen LogP contribution >= 0.6 is 11.3 Å². The van der Waals surface area contributed by atoms with Crippen LogP contribution in [-0.2, 0) is 0 Å². The van der Waals surface area contributed by atoms with Crippen LogP contribution in [0.4, 0.5) is 0 Å². The van der Waals surface area contributed by atoms with Crippen molar-refractivity contribution in [3.8, 4) is 22.9 Å². The van der Waals surface area contributed by atoms with Gasteiger partial charge in [-0.1, -0.05) is 115 Å². The molecule has 0 aliphatic carbocycles. The lowest BCUT2D eigenvalue weighted by Gasteiger charge is -2.13. The third-order valence-electron chi connectivity index (χ3n) is 8.94. The van der Waals surface area contributed by atoms with Crippen LogP contribution in [0.15, 0.2) is 146 Å². The van der Waals surface area contributed by atoms with Crippen LogP contribution in [0.2, 0.25) is 0 Å². The van der Waals surface area contributed by atoms with Gasteiger partial charge in [-0.05, 0) is 30.3 Å². The van der Waals surface area contributed by atoms with Crippen molar-refractivity contribution in [2.24, 2.45) is 0 Å². The highest BCUT2D eigenvalue weighted by molar-refractivity contribution is 7.26. The monoisotopic (exact) mass is 592 g/mol. The SMILES string of the molecule is c1ccc(-c2nc(-n3c4ccccc4c4ccc5c6ccccc6n(-c6ccccc6)c5c43)nc3c2sc2ccccc23)cc1. The van der Waals surface area contributed by atoms with Gasteiger partial charge in [-0.25, -0.2) is 9.97 Å². The van der Waals surface area contributed by atoms with Crippen molar-refractivity contribution in [2.45, 2.75) is 0 Å². The number of hydrogen-bond donors (Lipinski definition) is 0. The van der Waals surface area contributed by atoms with Gasteiger partial charge in [0.1, 0.15) is 0 Å². The smallest absolute Gasteiger partial charge is 0.235 e. The number of nitrogens with zero attached hydrogens (tertiary/aromatic N) is 4. The van der Waals surface area contributed by atoms with Gasteiger partial charge in [0.05, 0.1) is 38.0 Å². The average molecular weight is 593 g/mol. The number of benzene rings is 6. The maximum atomic E-state index is 5.43. The highest BCUT2D eigenvalue weighted by Crippen LogP contribution is 2.43. The van der Waals surface area contributed by atoms with Gasteiger partial charge in [0.15, 0.2) is 0 Å². The Kier molecular flexibility index (Phi) is 5.12. The Hall–Kier alpha value is -5.78. The molecule has 0 N–H and O–H groups in total. The maximum absolute atomic E-state index is 5.43. The molecule has 0 aliphatic rings. The van der Waals surface area contributed by atoms with Crippen LogP contribution in [0.1, 0.15) is 0 Å². The zero-order chi connectivity index (χ0) is 29.5. The van der Waals surface area contributed by atoms with Gasteiger partial charge in [-0.15, -0.1) is 11.3 Å². The number of thiophene rings is 1. The van der Waals surface area contributed by atoms with E-state index in [1.54, 1.807) is 11.3 Å². The Morgan fingerprint density at radius 2 is 1.00 bits per heavy atom. The van der Waals surface area contributed by atoms with E-state index in [1.807, 2.05) is 0 Å². The van der Waals surface area contributed by atoms with Crippen LogP contribution in [0.5, 0.6) is 0 Å². The second-order valence-corrected chi connectivity index (χ2v) is 12.5. The molecule has 4 nitrogen and oxygen atoms in total. The van der Waals surface area contributed by atoms with Gasteiger partial charge in [0.25, 0.3) is 0 Å². The van der Waals surface area contributed by atoms with Crippen molar-refractivity contribution < 1.29 is 0 Å². The molecule has 4 heterocycles. The number of hydrogen-bond acceptors (Lipinski definition) is 3. The highest BCUT2D eigenvalue weighted by Gasteiger charge is 2.24. The Balaban J connectivity index is 1.44. The lowest BCUT2D eigenvalue weighted by molar-refractivity contribution is 1.02. The van der Waals surface area contributed by atoms with E-state index < -0.39 is 0 Å². The molecular formula is C40H24N4S. The number of para-hydroxylation sites is 3. The standard InChI is InChI=1S/C40H24N4S/c1-3-13-25(14-4-1)35-39-36(31-19-9-12-22-34(31)45-39)42-40(41-35)44-33-21-11-8-18-28(33)30-24-23-29-27-17-7-10-20-32(27)43(37(29)38(30)44)26-15-5-2-6-16-26/h1-24H. The van der Waals surface area contributed by atoms with Crippen LogP contribution in [0.25, 0.3) is 86.8 Å². The number of aromatic nitrogens is 4. The summed E-state index contributed by atoms with van der Waals surface area (Å²) in [6.07, 6.45) is 0. The average Bonchev–Trinajstić information content (AvgIpc) is 3.76. The summed E-state index contributed by atoms with van der Waals surface area (Å²) < 4.78 is 7.02. The third-order valence-corrected chi connectivity index (χ3v) is 10.1. The first kappa shape index (κ1) is 24.6. The first-order valence-electron chi connectivity index (χ1n) is 15.1. The van der Waals surface area contributed by atoms with Gasteiger partial charge in [0.2, 0.25) is 5.95 Å². The molecule has 0 aliphatic heterocycles. The Morgan fingerprint density at radius 1 is 0.444 bits per heavy atom. The summed E-state index contributed by atoms with van der Waals surface area (Å²) in [6.45, 7) is 0. The fourth-order valence-electron chi connectivity index (χ4n) is 7.02. The molecule has 4 aromatic heterocycles. The zero-order valence-electron chi connectivity index (χ0n) is 24.1. The van der Waals surface area contributed by atoms with E-state index in [0.717, 1.165) is 49.1 Å². The summed E-state index contributed by atoms with van der Waals surface area (Å²) in [5, 5.41) is 5.94. The van der Waals surface area contributed by atoms with Gasteiger partial charge in [0, 0.05) is 42.9 Å². The Labute approximate surface area is 262 Å². The fourth-order valence-corrected chi connectivity index (χ4v) is 8.18. The van der Waals surface area contributed by atoms with Crippen molar-refractivity contribution in [3.05, 3.63) is 146 Å². The third kappa shape index (κ3) is 3.47. The van der Waals surface area contributed by atoms with Gasteiger partial charge >= 0.3 is 0 Å². The van der Waals surface area contributed by atoms with Gasteiger partial charge in [-0.3, -0.25) is 4.57 Å². The molecule has 0 unspecified atom stereocenters. The summed E-state index contributed by atoms with van der Waals surface area (Å²) in [4.78, 5) is 10.8. The van der Waals surface area contributed by atoms with Crippen molar-refractivity contribution in [1.82, 2.24) is 19.1 Å². The predicted molar refractivity (Wildman–Crippen MR) is 189 cm³/mol. The molecule has 45 heavy (non-hydrogen) atoms. The topological polar surface area (TPSA) is 35.6 Å². The minimum Gasteiger partial charge on any atom is -0.307 e. The molecular weight excluding hydrogens is 569 g/mol. The Morgan fingerprint density at radius 3 is 1.71 bits per heavy atom. The van der Waals surface area contributed by atoms with Crippen LogP contribution < -0.4 is 0 Å². The Bertz CT molecular complexity index is 2750. The van der Waals surface area contributed by atoms with Crippen LogP contribution in [-0.4, -0.2) is 19.1 Å². The predicted octanol–water partition coefficient (Wildman–Crippen LogP) is 10.7. The largest absolute Gasteiger partial charge is 0.307 e. The first-order chi connectivity index (χ1) is 22.3. The van der Waals surface area contributed by atoms with E-state index in [-0.39, 0.29) is 0 Å². The molecule has 6 aromatic carbocycles.